The molecule has 1 aromatic rings. The lowest BCUT2D eigenvalue weighted by atomic mass is 9.98. The summed E-state index contributed by atoms with van der Waals surface area (Å²) in [6.07, 6.45) is 5.49. The lowest BCUT2D eigenvalue weighted by molar-refractivity contribution is -0.133. The van der Waals surface area contributed by atoms with Crippen molar-refractivity contribution in [3.8, 4) is 0 Å². The average Bonchev–Trinajstić information content (AvgIpc) is 3.04. The molecule has 0 atom stereocenters. The van der Waals surface area contributed by atoms with Gasteiger partial charge >= 0.3 is 0 Å². The molecule has 30 heavy (non-hydrogen) atoms. The molecule has 0 spiro atoms. The van der Waals surface area contributed by atoms with Gasteiger partial charge < -0.3 is 14.5 Å². The zero-order valence-electron chi connectivity index (χ0n) is 17.7. The van der Waals surface area contributed by atoms with E-state index in [1.807, 2.05) is 4.90 Å². The largest absolute Gasteiger partial charge is 0.381 e. The maximum atomic E-state index is 12.6. The summed E-state index contributed by atoms with van der Waals surface area (Å²) in [5, 5.41) is 0. The van der Waals surface area contributed by atoms with Crippen LogP contribution in [0.5, 0.6) is 0 Å². The van der Waals surface area contributed by atoms with Gasteiger partial charge in [-0.05, 0) is 44.2 Å². The molecule has 7 heteroatoms. The van der Waals surface area contributed by atoms with E-state index in [1.54, 1.807) is 31.4 Å². The first-order chi connectivity index (χ1) is 14.6. The van der Waals surface area contributed by atoms with Crippen LogP contribution in [-0.2, 0) is 9.53 Å². The van der Waals surface area contributed by atoms with Crippen molar-refractivity contribution >= 4 is 17.7 Å². The Morgan fingerprint density at radius 3 is 2.13 bits per heavy atom. The topological polar surface area (TPSA) is 70.2 Å². The number of hydrogen-bond donors (Lipinski definition) is 0. The minimum absolute atomic E-state index is 0.128. The fraction of sp³-hybridized carbons (Fsp3) is 0.609. The van der Waals surface area contributed by atoms with E-state index in [0.717, 1.165) is 51.9 Å². The lowest BCUT2D eigenvalue weighted by Gasteiger charge is -2.41. The molecule has 0 N–H and O–H groups in total. The van der Waals surface area contributed by atoms with Crippen LogP contribution < -0.4 is 0 Å². The Morgan fingerprint density at radius 1 is 0.967 bits per heavy atom. The Bertz CT molecular complexity index is 760. The van der Waals surface area contributed by atoms with E-state index in [1.165, 1.54) is 4.90 Å². The third-order valence-electron chi connectivity index (χ3n) is 6.79. The van der Waals surface area contributed by atoms with E-state index >= 15 is 0 Å². The number of carbonyl (C=O) groups excluding carboxylic acids is 3. The second kappa shape index (κ2) is 9.27. The van der Waals surface area contributed by atoms with Crippen LogP contribution in [0.3, 0.4) is 0 Å². The number of nitrogens with zero attached hydrogens (tertiary/aromatic N) is 3. The summed E-state index contributed by atoms with van der Waals surface area (Å²) in [5.74, 6) is -0.370. The average molecular weight is 414 g/mol. The maximum absolute atomic E-state index is 12.6. The molecule has 0 bridgehead atoms. The van der Waals surface area contributed by atoms with Crippen LogP contribution >= 0.6 is 0 Å². The molecule has 0 saturated carbocycles. The lowest BCUT2D eigenvalue weighted by Crippen LogP contribution is -2.49. The van der Waals surface area contributed by atoms with Crippen LogP contribution in [0.4, 0.5) is 0 Å². The molecule has 0 aliphatic carbocycles. The SMILES string of the molecule is COC1CCN(C2CCN(C(=O)CCCN3C(=O)c4ccccc4C3=O)CC2)CC1. The van der Waals surface area contributed by atoms with E-state index in [0.29, 0.717) is 42.7 Å². The van der Waals surface area contributed by atoms with Gasteiger partial charge in [-0.15, -0.1) is 0 Å². The number of likely N-dealkylation sites (tertiary alicyclic amines) is 2. The number of piperidine rings is 2. The van der Waals surface area contributed by atoms with E-state index in [4.69, 9.17) is 4.74 Å². The Labute approximate surface area is 177 Å². The van der Waals surface area contributed by atoms with Crippen molar-refractivity contribution in [2.45, 2.75) is 50.7 Å². The second-order valence-electron chi connectivity index (χ2n) is 8.49. The Morgan fingerprint density at radius 2 is 1.57 bits per heavy atom. The number of ether oxygens (including phenoxy) is 1. The van der Waals surface area contributed by atoms with Crippen molar-refractivity contribution in [2.75, 3.05) is 39.8 Å². The van der Waals surface area contributed by atoms with Gasteiger partial charge in [-0.3, -0.25) is 19.3 Å². The minimum atomic E-state index is -0.249. The van der Waals surface area contributed by atoms with Crippen LogP contribution in [0.2, 0.25) is 0 Å². The molecule has 0 unspecified atom stereocenters. The van der Waals surface area contributed by atoms with Crippen LogP contribution in [0.1, 0.15) is 59.2 Å². The molecule has 7 nitrogen and oxygen atoms in total. The second-order valence-corrected chi connectivity index (χ2v) is 8.49. The highest BCUT2D eigenvalue weighted by Crippen LogP contribution is 2.24. The zero-order chi connectivity index (χ0) is 21.1. The van der Waals surface area contributed by atoms with E-state index in [2.05, 4.69) is 4.90 Å². The quantitative estimate of drug-likeness (QED) is 0.669. The first kappa shape index (κ1) is 21.0. The van der Waals surface area contributed by atoms with Crippen molar-refractivity contribution in [2.24, 2.45) is 0 Å². The summed E-state index contributed by atoms with van der Waals surface area (Å²) in [6, 6.07) is 7.46. The van der Waals surface area contributed by atoms with Crippen molar-refractivity contribution in [1.82, 2.24) is 14.7 Å². The molecule has 2 saturated heterocycles. The van der Waals surface area contributed by atoms with Gasteiger partial charge in [0, 0.05) is 52.3 Å². The van der Waals surface area contributed by atoms with Crippen LogP contribution in [0.25, 0.3) is 0 Å². The highest BCUT2D eigenvalue weighted by molar-refractivity contribution is 6.21. The minimum Gasteiger partial charge on any atom is -0.381 e. The van der Waals surface area contributed by atoms with Gasteiger partial charge in [0.15, 0.2) is 0 Å². The first-order valence-electron chi connectivity index (χ1n) is 11.1. The number of fused-ring (bicyclic) bond motifs is 1. The summed E-state index contributed by atoms with van der Waals surface area (Å²) in [6.45, 7) is 4.04. The molecular formula is C23H31N3O4. The molecular weight excluding hydrogens is 382 g/mol. The van der Waals surface area contributed by atoms with Crippen LogP contribution in [0.15, 0.2) is 24.3 Å². The predicted octanol–water partition coefficient (Wildman–Crippen LogP) is 2.16. The van der Waals surface area contributed by atoms with Gasteiger partial charge in [0.1, 0.15) is 0 Å². The summed E-state index contributed by atoms with van der Waals surface area (Å²) >= 11 is 0. The van der Waals surface area contributed by atoms with Crippen LogP contribution in [0, 0.1) is 0 Å². The fourth-order valence-electron chi connectivity index (χ4n) is 4.95. The standard InChI is InChI=1S/C23H31N3O4/c1-30-18-10-15-24(16-11-18)17-8-13-25(14-9-17)21(27)7-4-12-26-22(28)19-5-2-3-6-20(19)23(26)29/h2-3,5-6,17-18H,4,7-16H2,1H3. The van der Waals surface area contributed by atoms with Gasteiger partial charge in [0.05, 0.1) is 17.2 Å². The van der Waals surface area contributed by atoms with Crippen molar-refractivity contribution in [1.29, 1.82) is 0 Å². The number of hydrogen-bond acceptors (Lipinski definition) is 5. The smallest absolute Gasteiger partial charge is 0.261 e. The monoisotopic (exact) mass is 413 g/mol. The summed E-state index contributed by atoms with van der Waals surface area (Å²) in [4.78, 5) is 43.2. The van der Waals surface area contributed by atoms with Crippen molar-refractivity contribution < 1.29 is 19.1 Å². The molecule has 162 valence electrons. The Balaban J connectivity index is 1.19. The molecule has 2 fully saturated rings. The van der Waals surface area contributed by atoms with E-state index in [9.17, 15) is 14.4 Å². The summed E-state index contributed by atoms with van der Waals surface area (Å²) in [5.41, 5.74) is 0.927. The Hall–Kier alpha value is -2.25. The van der Waals surface area contributed by atoms with E-state index < -0.39 is 0 Å². The van der Waals surface area contributed by atoms with E-state index in [-0.39, 0.29) is 17.7 Å². The number of benzene rings is 1. The number of carbonyl (C=O) groups is 3. The zero-order valence-corrected chi connectivity index (χ0v) is 17.7. The molecule has 0 aromatic heterocycles. The summed E-state index contributed by atoms with van der Waals surface area (Å²) < 4.78 is 5.46. The van der Waals surface area contributed by atoms with Crippen LogP contribution in [-0.4, -0.2) is 84.4 Å². The predicted molar refractivity (Wildman–Crippen MR) is 112 cm³/mol. The Kier molecular flexibility index (Phi) is 6.49. The van der Waals surface area contributed by atoms with Crippen molar-refractivity contribution in [3.63, 3.8) is 0 Å². The highest BCUT2D eigenvalue weighted by atomic mass is 16.5. The molecule has 3 aliphatic heterocycles. The fourth-order valence-corrected chi connectivity index (χ4v) is 4.95. The van der Waals surface area contributed by atoms with Gasteiger partial charge in [0.25, 0.3) is 11.8 Å². The van der Waals surface area contributed by atoms with Gasteiger partial charge in [-0.1, -0.05) is 12.1 Å². The third-order valence-corrected chi connectivity index (χ3v) is 6.79. The highest BCUT2D eigenvalue weighted by Gasteiger charge is 2.35. The molecule has 0 radical (unpaired) electrons. The number of rotatable bonds is 6. The molecule has 4 rings (SSSR count). The maximum Gasteiger partial charge on any atom is 0.261 e. The normalized spacial score (nSPS) is 21.4. The first-order valence-corrected chi connectivity index (χ1v) is 11.1. The van der Waals surface area contributed by atoms with Gasteiger partial charge in [0.2, 0.25) is 5.91 Å². The molecule has 3 heterocycles. The van der Waals surface area contributed by atoms with Gasteiger partial charge in [-0.2, -0.15) is 0 Å². The molecule has 3 aliphatic rings. The van der Waals surface area contributed by atoms with Gasteiger partial charge in [-0.25, -0.2) is 0 Å². The number of imide groups is 1. The number of amides is 3. The molecule has 3 amide bonds. The third kappa shape index (κ3) is 4.27. The molecule has 1 aromatic carbocycles. The summed E-state index contributed by atoms with van der Waals surface area (Å²) in [7, 11) is 1.79. The van der Waals surface area contributed by atoms with Crippen molar-refractivity contribution in [3.05, 3.63) is 35.4 Å². The number of methoxy groups -OCH3 is 1.